The standard InChI is InChI=1S/C29H29ClN2O2/c1-34-22-10-5-9-21(15-22)28-13-14-32(18-20-7-3-2-4-8-20)19-29(28,33)16-24-23-11-6-12-25(30)27(23)31-26(24)17-28/h2-12,15,31,33H,13-14,16-19H2,1H3/t28-,29-/m0/s1. The van der Waals surface area contributed by atoms with Crippen molar-refractivity contribution >= 4 is 22.5 Å². The fourth-order valence-corrected chi connectivity index (χ4v) is 6.53. The average molecular weight is 473 g/mol. The number of para-hydroxylation sites is 1. The van der Waals surface area contributed by atoms with Crippen LogP contribution in [0.2, 0.25) is 5.02 Å². The second-order valence-electron chi connectivity index (χ2n) is 9.89. The molecule has 1 aromatic heterocycles. The van der Waals surface area contributed by atoms with Crippen molar-refractivity contribution in [3.63, 3.8) is 0 Å². The number of hydrogen-bond acceptors (Lipinski definition) is 3. The SMILES string of the molecule is COc1cccc([C@@]23CCN(Cc4ccccc4)C[C@@]2(O)Cc2c([nH]c4c(Cl)cccc24)C3)c1. The highest BCUT2D eigenvalue weighted by Crippen LogP contribution is 2.52. The molecule has 3 aromatic carbocycles. The molecule has 0 amide bonds. The van der Waals surface area contributed by atoms with Gasteiger partial charge in [-0.05, 0) is 47.9 Å². The molecule has 6 rings (SSSR count). The number of likely N-dealkylation sites (tertiary alicyclic amines) is 1. The van der Waals surface area contributed by atoms with Gasteiger partial charge in [0.15, 0.2) is 0 Å². The average Bonchev–Trinajstić information content (AvgIpc) is 3.20. The van der Waals surface area contributed by atoms with E-state index in [9.17, 15) is 5.11 Å². The first-order chi connectivity index (χ1) is 16.5. The third-order valence-corrected chi connectivity index (χ3v) is 8.34. The first-order valence-electron chi connectivity index (χ1n) is 11.9. The number of benzene rings is 3. The second-order valence-corrected chi connectivity index (χ2v) is 10.3. The number of ether oxygens (including phenoxy) is 1. The number of piperidine rings is 1. The number of fused-ring (bicyclic) bond motifs is 4. The summed E-state index contributed by atoms with van der Waals surface area (Å²) in [5.74, 6) is 0.825. The summed E-state index contributed by atoms with van der Waals surface area (Å²) in [6.45, 7) is 2.38. The summed E-state index contributed by atoms with van der Waals surface area (Å²) in [6.07, 6.45) is 2.20. The van der Waals surface area contributed by atoms with Crippen LogP contribution in [0.4, 0.5) is 0 Å². The summed E-state index contributed by atoms with van der Waals surface area (Å²) in [6, 6.07) is 24.8. The molecule has 2 N–H and O–H groups in total. The number of H-pyrrole nitrogens is 1. The lowest BCUT2D eigenvalue weighted by Gasteiger charge is -2.56. The molecule has 0 saturated carbocycles. The van der Waals surface area contributed by atoms with Crippen LogP contribution in [0, 0.1) is 0 Å². The lowest BCUT2D eigenvalue weighted by atomic mass is 9.56. The maximum atomic E-state index is 12.6. The van der Waals surface area contributed by atoms with Crippen molar-refractivity contribution in [1.29, 1.82) is 0 Å². The van der Waals surface area contributed by atoms with Crippen molar-refractivity contribution in [3.8, 4) is 5.75 Å². The van der Waals surface area contributed by atoms with Gasteiger partial charge in [0.2, 0.25) is 0 Å². The zero-order valence-corrected chi connectivity index (χ0v) is 20.1. The fraction of sp³-hybridized carbons (Fsp3) is 0.310. The quantitative estimate of drug-likeness (QED) is 0.412. The Labute approximate surface area is 205 Å². The predicted molar refractivity (Wildman–Crippen MR) is 137 cm³/mol. The van der Waals surface area contributed by atoms with E-state index in [1.807, 2.05) is 30.3 Å². The van der Waals surface area contributed by atoms with Gasteiger partial charge in [0.05, 0.1) is 23.3 Å². The van der Waals surface area contributed by atoms with Crippen LogP contribution >= 0.6 is 11.6 Å². The molecule has 1 aliphatic carbocycles. The third-order valence-electron chi connectivity index (χ3n) is 8.03. The van der Waals surface area contributed by atoms with Gasteiger partial charge in [0.1, 0.15) is 5.75 Å². The Kier molecular flexibility index (Phi) is 5.21. The molecule has 4 nitrogen and oxygen atoms in total. The molecular formula is C29H29ClN2O2. The van der Waals surface area contributed by atoms with Gasteiger partial charge in [0, 0.05) is 42.4 Å². The third kappa shape index (κ3) is 3.36. The maximum absolute atomic E-state index is 12.6. The Morgan fingerprint density at radius 3 is 2.68 bits per heavy atom. The normalized spacial score (nSPS) is 24.6. The number of methoxy groups -OCH3 is 1. The van der Waals surface area contributed by atoms with Crippen molar-refractivity contribution in [3.05, 3.63) is 100 Å². The Bertz CT molecular complexity index is 1350. The molecule has 0 radical (unpaired) electrons. The highest BCUT2D eigenvalue weighted by atomic mass is 35.5. The summed E-state index contributed by atoms with van der Waals surface area (Å²) in [7, 11) is 1.70. The Balaban J connectivity index is 1.47. The minimum Gasteiger partial charge on any atom is -0.497 e. The minimum atomic E-state index is -0.920. The van der Waals surface area contributed by atoms with Gasteiger partial charge < -0.3 is 14.8 Å². The van der Waals surface area contributed by atoms with E-state index in [-0.39, 0.29) is 0 Å². The molecule has 5 heteroatoms. The van der Waals surface area contributed by atoms with E-state index < -0.39 is 11.0 Å². The summed E-state index contributed by atoms with van der Waals surface area (Å²) in [5, 5.41) is 14.4. The lowest BCUT2D eigenvalue weighted by Crippen LogP contribution is -2.66. The van der Waals surface area contributed by atoms with E-state index in [1.54, 1.807) is 7.11 Å². The predicted octanol–water partition coefficient (Wildman–Crippen LogP) is 5.50. The molecule has 2 heterocycles. The van der Waals surface area contributed by atoms with E-state index in [2.05, 4.69) is 52.3 Å². The van der Waals surface area contributed by atoms with Gasteiger partial charge in [-0.2, -0.15) is 0 Å². The first kappa shape index (κ1) is 21.7. The van der Waals surface area contributed by atoms with Gasteiger partial charge in [-0.15, -0.1) is 0 Å². The monoisotopic (exact) mass is 472 g/mol. The molecule has 34 heavy (non-hydrogen) atoms. The summed E-state index contributed by atoms with van der Waals surface area (Å²) in [4.78, 5) is 6.02. The summed E-state index contributed by atoms with van der Waals surface area (Å²) in [5.41, 5.74) is 4.44. The van der Waals surface area contributed by atoms with Crippen molar-refractivity contribution < 1.29 is 9.84 Å². The Hall–Kier alpha value is -2.79. The van der Waals surface area contributed by atoms with E-state index in [0.29, 0.717) is 13.0 Å². The second kappa shape index (κ2) is 8.16. The van der Waals surface area contributed by atoms with Crippen LogP contribution in [0.3, 0.4) is 0 Å². The van der Waals surface area contributed by atoms with Crippen LogP contribution in [0.15, 0.2) is 72.8 Å². The summed E-state index contributed by atoms with van der Waals surface area (Å²) >= 11 is 6.55. The highest BCUT2D eigenvalue weighted by molar-refractivity contribution is 6.35. The smallest absolute Gasteiger partial charge is 0.119 e. The van der Waals surface area contributed by atoms with Crippen LogP contribution < -0.4 is 4.74 Å². The number of aliphatic hydroxyl groups is 1. The van der Waals surface area contributed by atoms with Crippen LogP contribution in [0.25, 0.3) is 10.9 Å². The van der Waals surface area contributed by atoms with Crippen molar-refractivity contribution in [2.75, 3.05) is 20.2 Å². The van der Waals surface area contributed by atoms with E-state index >= 15 is 0 Å². The fourth-order valence-electron chi connectivity index (χ4n) is 6.31. The number of aromatic nitrogens is 1. The largest absolute Gasteiger partial charge is 0.497 e. The van der Waals surface area contributed by atoms with Crippen molar-refractivity contribution in [2.24, 2.45) is 0 Å². The van der Waals surface area contributed by atoms with Gasteiger partial charge >= 0.3 is 0 Å². The molecule has 1 saturated heterocycles. The van der Waals surface area contributed by atoms with Crippen LogP contribution in [-0.2, 0) is 24.8 Å². The number of nitrogens with zero attached hydrogens (tertiary/aromatic N) is 1. The first-order valence-corrected chi connectivity index (χ1v) is 12.3. The van der Waals surface area contributed by atoms with Gasteiger partial charge in [0.25, 0.3) is 0 Å². The molecular weight excluding hydrogens is 444 g/mol. The number of hydrogen-bond donors (Lipinski definition) is 2. The number of aromatic amines is 1. The molecule has 0 bridgehead atoms. The van der Waals surface area contributed by atoms with E-state index in [1.165, 1.54) is 16.8 Å². The molecule has 4 aromatic rings. The van der Waals surface area contributed by atoms with Crippen LogP contribution in [0.5, 0.6) is 5.75 Å². The summed E-state index contributed by atoms with van der Waals surface area (Å²) < 4.78 is 5.57. The highest BCUT2D eigenvalue weighted by Gasteiger charge is 2.57. The zero-order valence-electron chi connectivity index (χ0n) is 19.4. The van der Waals surface area contributed by atoms with Crippen LogP contribution in [-0.4, -0.2) is 40.8 Å². The van der Waals surface area contributed by atoms with Gasteiger partial charge in [-0.3, -0.25) is 4.90 Å². The zero-order chi connectivity index (χ0) is 23.3. The number of β-amino-alcohol motifs (C(OH)–C–C–N with tert-alkyl or cyclic N) is 1. The van der Waals surface area contributed by atoms with Crippen molar-refractivity contribution in [1.82, 2.24) is 9.88 Å². The van der Waals surface area contributed by atoms with E-state index in [4.69, 9.17) is 16.3 Å². The topological polar surface area (TPSA) is 48.5 Å². The molecule has 0 unspecified atom stereocenters. The minimum absolute atomic E-state index is 0.408. The van der Waals surface area contributed by atoms with Gasteiger partial charge in [-0.25, -0.2) is 0 Å². The van der Waals surface area contributed by atoms with Crippen LogP contribution in [0.1, 0.15) is 28.8 Å². The molecule has 1 fully saturated rings. The molecule has 1 aliphatic heterocycles. The maximum Gasteiger partial charge on any atom is 0.119 e. The molecule has 174 valence electrons. The number of halogens is 1. The number of rotatable bonds is 4. The molecule has 2 atom stereocenters. The van der Waals surface area contributed by atoms with E-state index in [0.717, 1.165) is 53.2 Å². The lowest BCUT2D eigenvalue weighted by molar-refractivity contribution is -0.105. The Morgan fingerprint density at radius 1 is 1.03 bits per heavy atom. The Morgan fingerprint density at radius 2 is 1.85 bits per heavy atom. The van der Waals surface area contributed by atoms with Gasteiger partial charge in [-0.1, -0.05) is 66.2 Å². The van der Waals surface area contributed by atoms with Crippen molar-refractivity contribution in [2.45, 2.75) is 36.8 Å². The molecule has 2 aliphatic rings. The molecule has 0 spiro atoms. The number of nitrogens with one attached hydrogen (secondary N) is 1.